The molecule has 3 aliphatic rings. The standard InChI is InChI=1S/C26H27ClN2O2/c1-2-17-16-29-14-12-18(17)15-24(29)25(31-26(30)21-8-3-5-9-22(21)27)20-11-13-28-23-10-6-4-7-19(20)23/h3-11,13,17-18,24-25H,2,12,14-16H2,1H3/t17-,18+,24-,25+/m0/s1. The number of piperidine rings is 3. The van der Waals surface area contributed by atoms with Crippen molar-refractivity contribution in [3.8, 4) is 0 Å². The van der Waals surface area contributed by atoms with Crippen molar-refractivity contribution in [3.05, 3.63) is 76.9 Å². The molecule has 1 unspecified atom stereocenters. The lowest BCUT2D eigenvalue weighted by atomic mass is 9.72. The van der Waals surface area contributed by atoms with E-state index >= 15 is 0 Å². The SMILES string of the molecule is CC[C@H]1CN2CC[C@@H]1C[C@H]2[C@H](OC(=O)c1ccccc1Cl)c1ccnc2ccccc12. The summed E-state index contributed by atoms with van der Waals surface area (Å²) in [4.78, 5) is 20.3. The summed E-state index contributed by atoms with van der Waals surface area (Å²) in [6.45, 7) is 4.43. The van der Waals surface area contributed by atoms with E-state index in [2.05, 4.69) is 22.9 Å². The van der Waals surface area contributed by atoms with Gasteiger partial charge in [-0.2, -0.15) is 0 Å². The number of carbonyl (C=O) groups is 1. The van der Waals surface area contributed by atoms with Gasteiger partial charge in [0.25, 0.3) is 0 Å². The maximum Gasteiger partial charge on any atom is 0.340 e. The van der Waals surface area contributed by atoms with Crippen LogP contribution in [0.3, 0.4) is 0 Å². The van der Waals surface area contributed by atoms with E-state index in [0.717, 1.165) is 41.9 Å². The zero-order valence-electron chi connectivity index (χ0n) is 17.7. The first-order chi connectivity index (χ1) is 15.2. The van der Waals surface area contributed by atoms with Gasteiger partial charge in [0, 0.05) is 23.7 Å². The van der Waals surface area contributed by atoms with Crippen LogP contribution in [0.1, 0.15) is 48.2 Å². The Hall–Kier alpha value is -2.43. The zero-order valence-corrected chi connectivity index (χ0v) is 18.5. The number of nitrogens with zero attached hydrogens (tertiary/aromatic N) is 2. The molecule has 2 aromatic carbocycles. The third kappa shape index (κ3) is 3.83. The van der Waals surface area contributed by atoms with Crippen LogP contribution in [0.15, 0.2) is 60.8 Å². The molecule has 160 valence electrons. The molecule has 0 amide bonds. The number of halogens is 1. The molecule has 4 heterocycles. The molecule has 4 nitrogen and oxygen atoms in total. The van der Waals surface area contributed by atoms with Crippen LogP contribution in [0.25, 0.3) is 10.9 Å². The number of carbonyl (C=O) groups excluding carboxylic acids is 1. The zero-order chi connectivity index (χ0) is 21.4. The maximum atomic E-state index is 13.2. The number of pyridine rings is 1. The quantitative estimate of drug-likeness (QED) is 0.468. The number of ether oxygens (including phenoxy) is 1. The first kappa shape index (κ1) is 20.5. The largest absolute Gasteiger partial charge is 0.452 e. The minimum Gasteiger partial charge on any atom is -0.452 e. The highest BCUT2D eigenvalue weighted by Crippen LogP contribution is 2.44. The monoisotopic (exact) mass is 434 g/mol. The summed E-state index contributed by atoms with van der Waals surface area (Å²) in [6.07, 6.45) is 4.94. The molecule has 0 aliphatic carbocycles. The van der Waals surface area contributed by atoms with E-state index in [9.17, 15) is 4.79 Å². The second-order valence-corrected chi connectivity index (χ2v) is 9.15. The first-order valence-electron chi connectivity index (χ1n) is 11.2. The molecule has 3 saturated heterocycles. The molecule has 3 aliphatic heterocycles. The van der Waals surface area contributed by atoms with Gasteiger partial charge in [-0.15, -0.1) is 0 Å². The fourth-order valence-corrected chi connectivity index (χ4v) is 5.69. The van der Waals surface area contributed by atoms with E-state index in [0.29, 0.717) is 16.5 Å². The van der Waals surface area contributed by atoms with E-state index in [4.69, 9.17) is 16.3 Å². The Labute approximate surface area is 188 Å². The lowest BCUT2D eigenvalue weighted by molar-refractivity contribution is -0.0659. The van der Waals surface area contributed by atoms with Gasteiger partial charge in [0.05, 0.1) is 22.1 Å². The van der Waals surface area contributed by atoms with Crippen molar-refractivity contribution in [2.75, 3.05) is 13.1 Å². The van der Waals surface area contributed by atoms with Gasteiger partial charge < -0.3 is 4.74 Å². The number of rotatable bonds is 5. The van der Waals surface area contributed by atoms with Crippen molar-refractivity contribution in [2.24, 2.45) is 11.8 Å². The predicted octanol–water partition coefficient (Wildman–Crippen LogP) is 5.91. The van der Waals surface area contributed by atoms with Gasteiger partial charge in [-0.25, -0.2) is 4.79 Å². The number of benzene rings is 2. The maximum absolute atomic E-state index is 13.2. The van der Waals surface area contributed by atoms with E-state index < -0.39 is 0 Å². The van der Waals surface area contributed by atoms with Crippen LogP contribution in [0.4, 0.5) is 0 Å². The Morgan fingerprint density at radius 1 is 1.19 bits per heavy atom. The second kappa shape index (κ2) is 8.60. The van der Waals surface area contributed by atoms with Crippen LogP contribution in [0, 0.1) is 11.8 Å². The van der Waals surface area contributed by atoms with Gasteiger partial charge >= 0.3 is 5.97 Å². The second-order valence-electron chi connectivity index (χ2n) is 8.74. The summed E-state index contributed by atoms with van der Waals surface area (Å²) in [6, 6.07) is 17.3. The number of aromatic nitrogens is 1. The van der Waals surface area contributed by atoms with E-state index in [-0.39, 0.29) is 18.1 Å². The Morgan fingerprint density at radius 3 is 2.77 bits per heavy atom. The first-order valence-corrected chi connectivity index (χ1v) is 11.6. The Morgan fingerprint density at radius 2 is 2.00 bits per heavy atom. The molecule has 31 heavy (non-hydrogen) atoms. The number of esters is 1. The molecular weight excluding hydrogens is 408 g/mol. The van der Waals surface area contributed by atoms with Crippen molar-refractivity contribution < 1.29 is 9.53 Å². The molecule has 6 rings (SSSR count). The lowest BCUT2D eigenvalue weighted by Crippen LogP contribution is -2.55. The average Bonchev–Trinajstić information content (AvgIpc) is 2.82. The predicted molar refractivity (Wildman–Crippen MR) is 123 cm³/mol. The molecular formula is C26H27ClN2O2. The van der Waals surface area contributed by atoms with Crippen molar-refractivity contribution in [1.82, 2.24) is 9.88 Å². The van der Waals surface area contributed by atoms with Gasteiger partial charge in [0.15, 0.2) is 0 Å². The summed E-state index contributed by atoms with van der Waals surface area (Å²) >= 11 is 6.31. The minimum absolute atomic E-state index is 0.166. The van der Waals surface area contributed by atoms with Crippen LogP contribution in [-0.4, -0.2) is 35.0 Å². The molecule has 0 N–H and O–H groups in total. The van der Waals surface area contributed by atoms with Gasteiger partial charge in [-0.05, 0) is 55.5 Å². The molecule has 3 fully saturated rings. The molecule has 0 radical (unpaired) electrons. The van der Waals surface area contributed by atoms with E-state index in [1.165, 1.54) is 12.8 Å². The van der Waals surface area contributed by atoms with Gasteiger partial charge in [0.2, 0.25) is 0 Å². The van der Waals surface area contributed by atoms with Gasteiger partial charge in [-0.3, -0.25) is 9.88 Å². The molecule has 0 saturated carbocycles. The van der Waals surface area contributed by atoms with Gasteiger partial charge in [0.1, 0.15) is 6.10 Å². The highest BCUT2D eigenvalue weighted by molar-refractivity contribution is 6.33. The summed E-state index contributed by atoms with van der Waals surface area (Å²) < 4.78 is 6.28. The number of hydrogen-bond acceptors (Lipinski definition) is 4. The highest BCUT2D eigenvalue weighted by atomic mass is 35.5. The molecule has 5 heteroatoms. The van der Waals surface area contributed by atoms with Crippen LogP contribution in [0.5, 0.6) is 0 Å². The van der Waals surface area contributed by atoms with Crippen molar-refractivity contribution in [2.45, 2.75) is 38.3 Å². The van der Waals surface area contributed by atoms with Crippen molar-refractivity contribution in [1.29, 1.82) is 0 Å². The molecule has 3 aromatic rings. The minimum atomic E-state index is -0.369. The Balaban J connectivity index is 1.55. The number of para-hydroxylation sites is 1. The highest BCUT2D eigenvalue weighted by Gasteiger charge is 2.44. The van der Waals surface area contributed by atoms with Crippen molar-refractivity contribution in [3.63, 3.8) is 0 Å². The lowest BCUT2D eigenvalue weighted by Gasteiger charge is -2.51. The third-order valence-electron chi connectivity index (χ3n) is 7.13. The van der Waals surface area contributed by atoms with Crippen molar-refractivity contribution >= 4 is 28.5 Å². The van der Waals surface area contributed by atoms with E-state index in [1.54, 1.807) is 12.1 Å². The summed E-state index contributed by atoms with van der Waals surface area (Å²) in [5.74, 6) is 1.06. The molecule has 0 spiro atoms. The number of hydrogen-bond donors (Lipinski definition) is 0. The van der Waals surface area contributed by atoms with Crippen LogP contribution in [0.2, 0.25) is 5.02 Å². The van der Waals surface area contributed by atoms with Crippen LogP contribution >= 0.6 is 11.6 Å². The fourth-order valence-electron chi connectivity index (χ4n) is 5.48. The van der Waals surface area contributed by atoms with Gasteiger partial charge in [-0.1, -0.05) is 55.3 Å². The topological polar surface area (TPSA) is 42.4 Å². The third-order valence-corrected chi connectivity index (χ3v) is 7.46. The molecule has 5 atom stereocenters. The van der Waals surface area contributed by atoms with Crippen LogP contribution in [-0.2, 0) is 4.74 Å². The number of fused-ring (bicyclic) bond motifs is 4. The molecule has 1 aromatic heterocycles. The average molecular weight is 435 g/mol. The fraction of sp³-hybridized carbons (Fsp3) is 0.385. The Bertz CT molecular complexity index is 1100. The Kier molecular flexibility index (Phi) is 5.68. The summed E-state index contributed by atoms with van der Waals surface area (Å²) in [5, 5.41) is 1.46. The summed E-state index contributed by atoms with van der Waals surface area (Å²) in [7, 11) is 0. The smallest absolute Gasteiger partial charge is 0.340 e. The van der Waals surface area contributed by atoms with E-state index in [1.807, 2.05) is 42.6 Å². The normalized spacial score (nSPS) is 26.0. The molecule has 2 bridgehead atoms. The summed E-state index contributed by atoms with van der Waals surface area (Å²) in [5.41, 5.74) is 2.35. The van der Waals surface area contributed by atoms with Crippen LogP contribution < -0.4 is 0 Å².